The van der Waals surface area contributed by atoms with Gasteiger partial charge in [-0.2, -0.15) is 0 Å². The van der Waals surface area contributed by atoms with Crippen molar-refractivity contribution in [3.8, 4) is 5.69 Å². The van der Waals surface area contributed by atoms with Crippen molar-refractivity contribution >= 4 is 15.9 Å². The van der Waals surface area contributed by atoms with Crippen LogP contribution in [-0.4, -0.2) is 21.0 Å². The summed E-state index contributed by atoms with van der Waals surface area (Å²) in [6.07, 6.45) is 4.57. The van der Waals surface area contributed by atoms with Crippen molar-refractivity contribution in [1.82, 2.24) is 20.3 Å². The van der Waals surface area contributed by atoms with Gasteiger partial charge in [0.15, 0.2) is 0 Å². The van der Waals surface area contributed by atoms with Gasteiger partial charge in [0, 0.05) is 17.1 Å². The van der Waals surface area contributed by atoms with Crippen molar-refractivity contribution in [1.29, 1.82) is 0 Å². The van der Waals surface area contributed by atoms with Crippen molar-refractivity contribution in [2.24, 2.45) is 0 Å². The Labute approximate surface area is 115 Å². The highest BCUT2D eigenvalue weighted by Crippen LogP contribution is 2.22. The number of nitrogens with zero attached hydrogens (tertiary/aromatic N) is 3. The summed E-state index contributed by atoms with van der Waals surface area (Å²) in [5.41, 5.74) is 3.22. The van der Waals surface area contributed by atoms with E-state index < -0.39 is 0 Å². The van der Waals surface area contributed by atoms with Crippen molar-refractivity contribution < 1.29 is 0 Å². The minimum absolute atomic E-state index is 0.697. The molecule has 4 nitrogen and oxygen atoms in total. The minimum atomic E-state index is 0.697. The molecule has 1 aromatic carbocycles. The molecule has 0 atom stereocenters. The molecule has 94 valence electrons. The quantitative estimate of drug-likeness (QED) is 0.944. The molecule has 0 bridgehead atoms. The van der Waals surface area contributed by atoms with Crippen LogP contribution in [0.25, 0.3) is 5.69 Å². The zero-order valence-corrected chi connectivity index (χ0v) is 11.8. The summed E-state index contributed by atoms with van der Waals surface area (Å²) in [5, 5.41) is 11.8. The molecule has 0 spiro atoms. The Morgan fingerprint density at radius 1 is 1.44 bits per heavy atom. The molecule has 5 heteroatoms. The molecular formula is C13H15BrN4. The van der Waals surface area contributed by atoms with Crippen LogP contribution in [-0.2, 0) is 6.54 Å². The minimum Gasteiger partial charge on any atom is -0.308 e. The van der Waals surface area contributed by atoms with E-state index in [2.05, 4.69) is 38.5 Å². The molecule has 1 aliphatic rings. The van der Waals surface area contributed by atoms with E-state index in [1.807, 2.05) is 29.1 Å². The normalized spacial score (nSPS) is 15.0. The van der Waals surface area contributed by atoms with Gasteiger partial charge in [0.2, 0.25) is 0 Å². The van der Waals surface area contributed by atoms with Gasteiger partial charge < -0.3 is 5.32 Å². The van der Waals surface area contributed by atoms with Crippen LogP contribution in [0.3, 0.4) is 0 Å². The number of hydrogen-bond donors (Lipinski definition) is 1. The molecular weight excluding hydrogens is 292 g/mol. The molecule has 1 N–H and O–H groups in total. The van der Waals surface area contributed by atoms with E-state index in [-0.39, 0.29) is 0 Å². The molecule has 1 aliphatic carbocycles. The van der Waals surface area contributed by atoms with Crippen molar-refractivity contribution in [2.75, 3.05) is 0 Å². The molecule has 3 rings (SSSR count). The molecule has 18 heavy (non-hydrogen) atoms. The largest absolute Gasteiger partial charge is 0.308 e. The lowest BCUT2D eigenvalue weighted by Gasteiger charge is -2.05. The van der Waals surface area contributed by atoms with Gasteiger partial charge in [-0.25, -0.2) is 4.68 Å². The first-order valence-electron chi connectivity index (χ1n) is 6.14. The van der Waals surface area contributed by atoms with Gasteiger partial charge in [0.1, 0.15) is 0 Å². The van der Waals surface area contributed by atoms with E-state index >= 15 is 0 Å². The smallest absolute Gasteiger partial charge is 0.0969 e. The van der Waals surface area contributed by atoms with Gasteiger partial charge in [0.25, 0.3) is 0 Å². The monoisotopic (exact) mass is 306 g/mol. The predicted octanol–water partition coefficient (Wildman–Crippen LogP) is 2.59. The highest BCUT2D eigenvalue weighted by atomic mass is 79.9. The van der Waals surface area contributed by atoms with Crippen LogP contribution in [0.4, 0.5) is 0 Å². The molecule has 0 aliphatic heterocycles. The number of hydrogen-bond acceptors (Lipinski definition) is 3. The van der Waals surface area contributed by atoms with Gasteiger partial charge in [-0.15, -0.1) is 5.10 Å². The zero-order valence-electron chi connectivity index (χ0n) is 10.2. The van der Waals surface area contributed by atoms with Crippen LogP contribution in [0, 0.1) is 6.92 Å². The maximum atomic E-state index is 4.20. The van der Waals surface area contributed by atoms with Gasteiger partial charge in [-0.3, -0.25) is 0 Å². The van der Waals surface area contributed by atoms with Crippen molar-refractivity contribution in [3.63, 3.8) is 0 Å². The molecule has 2 aromatic rings. The van der Waals surface area contributed by atoms with Crippen LogP contribution in [0.5, 0.6) is 0 Å². The maximum absolute atomic E-state index is 4.20. The molecule has 1 aromatic heterocycles. The maximum Gasteiger partial charge on any atom is 0.0969 e. The number of benzene rings is 1. The van der Waals surface area contributed by atoms with Gasteiger partial charge >= 0.3 is 0 Å². The second kappa shape index (κ2) is 4.82. The first-order chi connectivity index (χ1) is 8.74. The van der Waals surface area contributed by atoms with Gasteiger partial charge in [0.05, 0.1) is 17.6 Å². The Bertz CT molecular complexity index is 560. The summed E-state index contributed by atoms with van der Waals surface area (Å²) in [6, 6.07) is 6.79. The first kappa shape index (κ1) is 11.9. The summed E-state index contributed by atoms with van der Waals surface area (Å²) in [5.74, 6) is 0. The fraction of sp³-hybridized carbons (Fsp3) is 0.385. The highest BCUT2D eigenvalue weighted by Gasteiger charge is 2.20. The second-order valence-electron chi connectivity index (χ2n) is 4.69. The number of aromatic nitrogens is 3. The lowest BCUT2D eigenvalue weighted by molar-refractivity contribution is 0.671. The van der Waals surface area contributed by atoms with E-state index in [9.17, 15) is 0 Å². The van der Waals surface area contributed by atoms with E-state index in [4.69, 9.17) is 0 Å². The summed E-state index contributed by atoms with van der Waals surface area (Å²) in [6.45, 7) is 2.88. The Hall–Kier alpha value is -1.20. The summed E-state index contributed by atoms with van der Waals surface area (Å²) >= 11 is 3.53. The topological polar surface area (TPSA) is 42.7 Å². The fourth-order valence-electron chi connectivity index (χ4n) is 1.88. The molecule has 0 saturated heterocycles. The molecule has 1 heterocycles. The molecule has 1 saturated carbocycles. The Kier molecular flexibility index (Phi) is 3.18. The SMILES string of the molecule is Cc1c(Br)cccc1-n1cc(CNC2CC2)nn1. The third-order valence-electron chi connectivity index (χ3n) is 3.18. The molecule has 0 unspecified atom stereocenters. The summed E-state index contributed by atoms with van der Waals surface area (Å²) < 4.78 is 2.93. The van der Waals surface area contributed by atoms with Crippen LogP contribution in [0.1, 0.15) is 24.1 Å². The van der Waals surface area contributed by atoms with Gasteiger partial charge in [-0.05, 0) is 37.5 Å². The van der Waals surface area contributed by atoms with Gasteiger partial charge in [-0.1, -0.05) is 27.2 Å². The average Bonchev–Trinajstić information content (AvgIpc) is 3.08. The zero-order chi connectivity index (χ0) is 12.5. The lowest BCUT2D eigenvalue weighted by Crippen LogP contribution is -2.15. The van der Waals surface area contributed by atoms with Crippen LogP contribution in [0.2, 0.25) is 0 Å². The Morgan fingerprint density at radius 2 is 2.28 bits per heavy atom. The second-order valence-corrected chi connectivity index (χ2v) is 5.55. The van der Waals surface area contributed by atoms with Crippen LogP contribution >= 0.6 is 15.9 Å². The summed E-state index contributed by atoms with van der Waals surface area (Å²) in [4.78, 5) is 0. The Morgan fingerprint density at radius 3 is 3.06 bits per heavy atom. The highest BCUT2D eigenvalue weighted by molar-refractivity contribution is 9.10. The Balaban J connectivity index is 1.80. The summed E-state index contributed by atoms with van der Waals surface area (Å²) in [7, 11) is 0. The lowest BCUT2D eigenvalue weighted by atomic mass is 10.2. The molecule has 1 fully saturated rings. The third-order valence-corrected chi connectivity index (χ3v) is 4.04. The van der Waals surface area contributed by atoms with E-state index in [1.54, 1.807) is 0 Å². The molecule has 0 amide bonds. The third kappa shape index (κ3) is 2.47. The van der Waals surface area contributed by atoms with Crippen molar-refractivity contribution in [2.45, 2.75) is 32.4 Å². The standard InChI is InChI=1S/C13H15BrN4/c1-9-12(14)3-2-4-13(9)18-8-11(16-17-18)7-15-10-5-6-10/h2-4,8,10,15H,5-7H2,1H3. The average molecular weight is 307 g/mol. The van der Waals surface area contributed by atoms with Crippen molar-refractivity contribution in [3.05, 3.63) is 40.1 Å². The van der Waals surface area contributed by atoms with Crippen LogP contribution < -0.4 is 5.32 Å². The fourth-order valence-corrected chi connectivity index (χ4v) is 2.23. The van der Waals surface area contributed by atoms with E-state index in [0.29, 0.717) is 6.04 Å². The van der Waals surface area contributed by atoms with E-state index in [1.165, 1.54) is 18.4 Å². The first-order valence-corrected chi connectivity index (χ1v) is 6.93. The van der Waals surface area contributed by atoms with Crippen LogP contribution in [0.15, 0.2) is 28.9 Å². The number of rotatable bonds is 4. The number of halogens is 1. The molecule has 0 radical (unpaired) electrons. The number of nitrogens with one attached hydrogen (secondary N) is 1. The van der Waals surface area contributed by atoms with E-state index in [0.717, 1.165) is 22.4 Å². The predicted molar refractivity (Wildman–Crippen MR) is 73.7 cm³/mol.